The summed E-state index contributed by atoms with van der Waals surface area (Å²) in [6, 6.07) is -0.656. The maximum Gasteiger partial charge on any atom is 0.287 e. The number of rotatable bonds is 5. The number of nitrogens with zero attached hydrogens (tertiary/aromatic N) is 2. The first-order valence-electron chi connectivity index (χ1n) is 6.08. The van der Waals surface area contributed by atoms with Crippen LogP contribution in [0.4, 0.5) is 5.13 Å². The summed E-state index contributed by atoms with van der Waals surface area (Å²) in [4.78, 5) is 34.6. The Morgan fingerprint density at radius 3 is 2.65 bits per heavy atom. The van der Waals surface area contributed by atoms with E-state index >= 15 is 0 Å². The van der Waals surface area contributed by atoms with E-state index in [0.29, 0.717) is 5.13 Å². The van der Waals surface area contributed by atoms with Gasteiger partial charge in [-0.25, -0.2) is 9.97 Å². The van der Waals surface area contributed by atoms with Gasteiger partial charge in [0.2, 0.25) is 5.91 Å². The van der Waals surface area contributed by atoms with E-state index < -0.39 is 11.9 Å². The molecule has 0 bridgehead atoms. The molecule has 0 aromatic carbocycles. The highest BCUT2D eigenvalue weighted by atomic mass is 32.1. The summed E-state index contributed by atoms with van der Waals surface area (Å²) in [6.45, 7) is 3.71. The van der Waals surface area contributed by atoms with Crippen molar-refractivity contribution in [2.75, 3.05) is 5.32 Å². The van der Waals surface area contributed by atoms with Crippen LogP contribution in [0.15, 0.2) is 24.0 Å². The molecule has 0 fully saturated rings. The topological polar surface area (TPSA) is 99.8 Å². The number of hydrogen-bond donors (Lipinski definition) is 3. The average Bonchev–Trinajstić information content (AvgIpc) is 3.07. The Morgan fingerprint density at radius 1 is 1.30 bits per heavy atom. The Balaban J connectivity index is 2.03. The number of aromatic amines is 1. The molecule has 0 saturated carbocycles. The molecule has 0 unspecified atom stereocenters. The molecule has 1 atom stereocenters. The van der Waals surface area contributed by atoms with Gasteiger partial charge in [0, 0.05) is 24.0 Å². The highest BCUT2D eigenvalue weighted by Crippen LogP contribution is 2.12. The van der Waals surface area contributed by atoms with Crippen LogP contribution in [0.5, 0.6) is 0 Å². The number of carbonyl (C=O) groups excluding carboxylic acids is 2. The molecule has 2 aromatic heterocycles. The number of anilines is 1. The second-order valence-corrected chi connectivity index (χ2v) is 5.35. The van der Waals surface area contributed by atoms with Crippen LogP contribution in [0.3, 0.4) is 0 Å². The Morgan fingerprint density at radius 2 is 2.10 bits per heavy atom. The second kappa shape index (κ2) is 6.29. The van der Waals surface area contributed by atoms with Gasteiger partial charge >= 0.3 is 0 Å². The van der Waals surface area contributed by atoms with Crippen molar-refractivity contribution in [3.63, 3.8) is 0 Å². The number of carbonyl (C=O) groups is 2. The third-order valence-corrected chi connectivity index (χ3v) is 3.30. The third kappa shape index (κ3) is 3.41. The first-order chi connectivity index (χ1) is 9.58. The third-order valence-electron chi connectivity index (χ3n) is 2.61. The van der Waals surface area contributed by atoms with Crippen LogP contribution in [0.2, 0.25) is 0 Å². The Hall–Kier alpha value is -2.22. The minimum atomic E-state index is -0.656. The Kier molecular flexibility index (Phi) is 4.46. The molecule has 20 heavy (non-hydrogen) atoms. The van der Waals surface area contributed by atoms with E-state index in [0.717, 1.165) is 0 Å². The zero-order valence-corrected chi connectivity index (χ0v) is 11.9. The lowest BCUT2D eigenvalue weighted by Gasteiger charge is -2.20. The van der Waals surface area contributed by atoms with Gasteiger partial charge in [0.05, 0.1) is 0 Å². The Labute approximate surface area is 119 Å². The van der Waals surface area contributed by atoms with E-state index in [1.807, 2.05) is 13.8 Å². The second-order valence-electron chi connectivity index (χ2n) is 4.46. The van der Waals surface area contributed by atoms with Gasteiger partial charge in [0.25, 0.3) is 5.91 Å². The lowest BCUT2D eigenvalue weighted by Crippen LogP contribution is -2.47. The molecule has 0 radical (unpaired) electrons. The summed E-state index contributed by atoms with van der Waals surface area (Å²) in [5.41, 5.74) is 0. The summed E-state index contributed by atoms with van der Waals surface area (Å²) in [6.07, 6.45) is 4.63. The number of imidazole rings is 1. The van der Waals surface area contributed by atoms with Gasteiger partial charge in [0.15, 0.2) is 11.0 Å². The van der Waals surface area contributed by atoms with Crippen molar-refractivity contribution in [3.8, 4) is 0 Å². The maximum absolute atomic E-state index is 12.2. The summed E-state index contributed by atoms with van der Waals surface area (Å²) in [7, 11) is 0. The van der Waals surface area contributed by atoms with Crippen LogP contribution in [-0.4, -0.2) is 32.8 Å². The number of nitrogens with one attached hydrogen (secondary N) is 3. The van der Waals surface area contributed by atoms with Crippen molar-refractivity contribution in [1.82, 2.24) is 20.3 Å². The highest BCUT2D eigenvalue weighted by molar-refractivity contribution is 7.13. The predicted octanol–water partition coefficient (Wildman–Crippen LogP) is 1.26. The van der Waals surface area contributed by atoms with E-state index in [1.54, 1.807) is 17.8 Å². The average molecular weight is 293 g/mol. The van der Waals surface area contributed by atoms with E-state index in [-0.39, 0.29) is 17.6 Å². The van der Waals surface area contributed by atoms with E-state index in [2.05, 4.69) is 25.6 Å². The minimum Gasteiger partial charge on any atom is -0.341 e. The molecule has 0 saturated heterocycles. The molecule has 0 aliphatic rings. The van der Waals surface area contributed by atoms with Crippen molar-refractivity contribution in [3.05, 3.63) is 29.8 Å². The molecule has 0 aliphatic carbocycles. The summed E-state index contributed by atoms with van der Waals surface area (Å²) in [5, 5.41) is 7.61. The lowest BCUT2D eigenvalue weighted by atomic mass is 10.0. The number of amides is 2. The Bertz CT molecular complexity index is 565. The summed E-state index contributed by atoms with van der Waals surface area (Å²) < 4.78 is 0. The van der Waals surface area contributed by atoms with Crippen molar-refractivity contribution >= 4 is 28.3 Å². The van der Waals surface area contributed by atoms with Gasteiger partial charge in [-0.05, 0) is 5.92 Å². The predicted molar refractivity (Wildman–Crippen MR) is 75.4 cm³/mol. The van der Waals surface area contributed by atoms with E-state index in [9.17, 15) is 9.59 Å². The zero-order valence-electron chi connectivity index (χ0n) is 11.1. The molecular formula is C12H15N5O2S. The van der Waals surface area contributed by atoms with Crippen LogP contribution in [0.25, 0.3) is 0 Å². The monoisotopic (exact) mass is 293 g/mol. The molecule has 2 aromatic rings. The molecular weight excluding hydrogens is 278 g/mol. The van der Waals surface area contributed by atoms with Crippen molar-refractivity contribution < 1.29 is 9.59 Å². The molecule has 3 N–H and O–H groups in total. The van der Waals surface area contributed by atoms with Gasteiger partial charge < -0.3 is 15.6 Å². The number of hydrogen-bond acceptors (Lipinski definition) is 5. The zero-order chi connectivity index (χ0) is 14.5. The fraction of sp³-hybridized carbons (Fsp3) is 0.333. The smallest absolute Gasteiger partial charge is 0.287 e. The standard InChI is InChI=1S/C12H15N5O2S/c1-7(2)8(10(18)17-12-15-5-6-20-12)16-11(19)9-13-3-4-14-9/h3-8H,1-2H3,(H,13,14)(H,16,19)(H,15,17,18)/t8-/m0/s1. The maximum atomic E-state index is 12.2. The quantitative estimate of drug-likeness (QED) is 0.772. The molecule has 2 rings (SSSR count). The van der Waals surface area contributed by atoms with Crippen LogP contribution < -0.4 is 10.6 Å². The van der Waals surface area contributed by atoms with E-state index in [4.69, 9.17) is 0 Å². The van der Waals surface area contributed by atoms with Gasteiger partial charge in [-0.1, -0.05) is 13.8 Å². The summed E-state index contributed by atoms with van der Waals surface area (Å²) >= 11 is 1.32. The molecule has 2 amide bonds. The van der Waals surface area contributed by atoms with Crippen LogP contribution in [0.1, 0.15) is 24.5 Å². The number of aromatic nitrogens is 3. The van der Waals surface area contributed by atoms with Gasteiger partial charge in [-0.3, -0.25) is 9.59 Å². The highest BCUT2D eigenvalue weighted by Gasteiger charge is 2.25. The number of thiazole rings is 1. The normalized spacial score (nSPS) is 12.2. The minimum absolute atomic E-state index is 0.0612. The fourth-order valence-electron chi connectivity index (χ4n) is 1.60. The van der Waals surface area contributed by atoms with Gasteiger partial charge in [0.1, 0.15) is 6.04 Å². The number of H-pyrrole nitrogens is 1. The van der Waals surface area contributed by atoms with Gasteiger partial charge in [-0.2, -0.15) is 0 Å². The van der Waals surface area contributed by atoms with Crippen LogP contribution in [-0.2, 0) is 4.79 Å². The van der Waals surface area contributed by atoms with Crippen LogP contribution in [0, 0.1) is 5.92 Å². The lowest BCUT2D eigenvalue weighted by molar-refractivity contribution is -0.118. The SMILES string of the molecule is CC(C)[C@H](NC(=O)c1ncc[nH]1)C(=O)Nc1nccs1. The van der Waals surface area contributed by atoms with Crippen molar-refractivity contribution in [2.24, 2.45) is 5.92 Å². The van der Waals surface area contributed by atoms with Crippen molar-refractivity contribution in [2.45, 2.75) is 19.9 Å². The van der Waals surface area contributed by atoms with Crippen LogP contribution >= 0.6 is 11.3 Å². The first-order valence-corrected chi connectivity index (χ1v) is 6.96. The molecule has 7 nitrogen and oxygen atoms in total. The van der Waals surface area contributed by atoms with Crippen molar-refractivity contribution in [1.29, 1.82) is 0 Å². The molecule has 106 valence electrons. The largest absolute Gasteiger partial charge is 0.341 e. The first kappa shape index (κ1) is 14.2. The van der Waals surface area contributed by atoms with E-state index in [1.165, 1.54) is 17.5 Å². The summed E-state index contributed by atoms with van der Waals surface area (Å²) in [5.74, 6) is -0.593. The molecule has 8 heteroatoms. The molecule has 0 spiro atoms. The molecule has 2 heterocycles. The molecule has 0 aliphatic heterocycles. The fourth-order valence-corrected chi connectivity index (χ4v) is 2.13. The van der Waals surface area contributed by atoms with Gasteiger partial charge in [-0.15, -0.1) is 11.3 Å².